The van der Waals surface area contributed by atoms with Crippen LogP contribution in [0.2, 0.25) is 5.02 Å². The number of amides is 2. The number of urea groups is 1. The molecule has 0 heterocycles. The summed E-state index contributed by atoms with van der Waals surface area (Å²) in [7, 11) is 0. The van der Waals surface area contributed by atoms with Crippen molar-refractivity contribution >= 4 is 23.6 Å². The normalized spacial score (nSPS) is 13.3. The molecule has 2 N–H and O–H groups in total. The molecule has 21 heavy (non-hydrogen) atoms. The highest BCUT2D eigenvalue weighted by atomic mass is 35.5. The molecule has 0 aliphatic heterocycles. The van der Waals surface area contributed by atoms with Gasteiger partial charge in [-0.2, -0.15) is 0 Å². The van der Waals surface area contributed by atoms with Crippen LogP contribution < -0.4 is 15.7 Å². The van der Waals surface area contributed by atoms with E-state index in [-0.39, 0.29) is 5.92 Å². The first kappa shape index (κ1) is 17.3. The molecule has 0 unspecified atom stereocenters. The fraction of sp³-hybridized carbons (Fsp3) is 0.467. The third kappa shape index (κ3) is 6.04. The topological polar surface area (TPSA) is 81.3 Å². The Labute approximate surface area is 129 Å². The Bertz CT molecular complexity index is 476. The molecule has 1 aromatic rings. The van der Waals surface area contributed by atoms with Crippen LogP contribution in [0.3, 0.4) is 0 Å². The second-order valence-electron chi connectivity index (χ2n) is 4.96. The molecule has 0 saturated heterocycles. The number of rotatable bonds is 7. The van der Waals surface area contributed by atoms with E-state index in [4.69, 9.17) is 11.6 Å². The standard InChI is InChI=1S/C15H21ClN2O3/c1-3-10(2)13(14(19)20)18-15(21)17-9-8-11-4-6-12(16)7-5-11/h4-7,10,13H,3,8-9H2,1-2H3,(H,19,20)(H2,17,18,21)/p-1/t10-,13+/m1/s1. The van der Waals surface area contributed by atoms with Crippen molar-refractivity contribution in [1.82, 2.24) is 10.6 Å². The predicted octanol–water partition coefficient (Wildman–Crippen LogP) is 1.35. The highest BCUT2D eigenvalue weighted by molar-refractivity contribution is 6.30. The van der Waals surface area contributed by atoms with Crippen LogP contribution in [0.1, 0.15) is 25.8 Å². The minimum atomic E-state index is -1.27. The fourth-order valence-corrected chi connectivity index (χ4v) is 1.96. The van der Waals surface area contributed by atoms with Gasteiger partial charge in [-0.25, -0.2) is 4.79 Å². The summed E-state index contributed by atoms with van der Waals surface area (Å²) < 4.78 is 0. The van der Waals surface area contributed by atoms with Gasteiger partial charge in [-0.05, 0) is 30.0 Å². The van der Waals surface area contributed by atoms with E-state index in [1.807, 2.05) is 19.1 Å². The molecule has 0 aromatic heterocycles. The smallest absolute Gasteiger partial charge is 0.315 e. The van der Waals surface area contributed by atoms with Crippen molar-refractivity contribution in [3.63, 3.8) is 0 Å². The van der Waals surface area contributed by atoms with Gasteiger partial charge in [0, 0.05) is 11.6 Å². The van der Waals surface area contributed by atoms with Gasteiger partial charge < -0.3 is 20.5 Å². The third-order valence-corrected chi connectivity index (χ3v) is 3.62. The van der Waals surface area contributed by atoms with E-state index in [9.17, 15) is 14.7 Å². The Morgan fingerprint density at radius 3 is 2.43 bits per heavy atom. The van der Waals surface area contributed by atoms with E-state index in [1.54, 1.807) is 19.1 Å². The lowest BCUT2D eigenvalue weighted by Gasteiger charge is -2.25. The van der Waals surface area contributed by atoms with E-state index >= 15 is 0 Å². The quantitative estimate of drug-likeness (QED) is 0.797. The number of hydrogen-bond donors (Lipinski definition) is 2. The number of hydrogen-bond acceptors (Lipinski definition) is 3. The van der Waals surface area contributed by atoms with Crippen LogP contribution in [0.4, 0.5) is 4.79 Å². The molecule has 0 fully saturated rings. The van der Waals surface area contributed by atoms with E-state index in [2.05, 4.69) is 10.6 Å². The molecule has 0 aliphatic carbocycles. The lowest BCUT2D eigenvalue weighted by Crippen LogP contribution is -2.54. The number of benzene rings is 1. The zero-order valence-electron chi connectivity index (χ0n) is 12.2. The van der Waals surface area contributed by atoms with E-state index < -0.39 is 18.0 Å². The first-order chi connectivity index (χ1) is 9.93. The highest BCUT2D eigenvalue weighted by Crippen LogP contribution is 2.09. The van der Waals surface area contributed by atoms with Crippen LogP contribution in [0, 0.1) is 5.92 Å². The Morgan fingerprint density at radius 1 is 1.29 bits per heavy atom. The van der Waals surface area contributed by atoms with Gasteiger partial charge in [-0.3, -0.25) is 0 Å². The summed E-state index contributed by atoms with van der Waals surface area (Å²) in [5, 5.41) is 16.7. The van der Waals surface area contributed by atoms with Crippen LogP contribution in [-0.2, 0) is 11.2 Å². The van der Waals surface area contributed by atoms with E-state index in [0.717, 1.165) is 5.56 Å². The molecule has 116 valence electrons. The molecular formula is C15H20ClN2O3-. The maximum Gasteiger partial charge on any atom is 0.315 e. The van der Waals surface area contributed by atoms with Crippen LogP contribution in [0.25, 0.3) is 0 Å². The van der Waals surface area contributed by atoms with Crippen LogP contribution >= 0.6 is 11.6 Å². The van der Waals surface area contributed by atoms with Crippen molar-refractivity contribution in [2.75, 3.05) is 6.54 Å². The Morgan fingerprint density at radius 2 is 1.90 bits per heavy atom. The molecule has 5 nitrogen and oxygen atoms in total. The first-order valence-electron chi connectivity index (χ1n) is 6.93. The van der Waals surface area contributed by atoms with Crippen molar-refractivity contribution in [3.8, 4) is 0 Å². The number of halogens is 1. The number of carbonyl (C=O) groups excluding carboxylic acids is 2. The average Bonchev–Trinajstić information content (AvgIpc) is 2.45. The Balaban J connectivity index is 2.39. The average molecular weight is 312 g/mol. The monoisotopic (exact) mass is 311 g/mol. The molecule has 6 heteroatoms. The number of carbonyl (C=O) groups is 2. The fourth-order valence-electron chi connectivity index (χ4n) is 1.83. The lowest BCUT2D eigenvalue weighted by molar-refractivity contribution is -0.309. The summed E-state index contributed by atoms with van der Waals surface area (Å²) in [5.74, 6) is -1.45. The maximum atomic E-state index is 11.7. The number of aliphatic carboxylic acids is 1. The van der Waals surface area contributed by atoms with Gasteiger partial charge in [0.25, 0.3) is 0 Å². The molecule has 2 atom stereocenters. The summed E-state index contributed by atoms with van der Waals surface area (Å²) in [5.41, 5.74) is 1.04. The van der Waals surface area contributed by atoms with Gasteiger partial charge in [-0.1, -0.05) is 44.0 Å². The van der Waals surface area contributed by atoms with Gasteiger partial charge in [0.05, 0.1) is 12.0 Å². The lowest BCUT2D eigenvalue weighted by atomic mass is 9.99. The van der Waals surface area contributed by atoms with Gasteiger partial charge in [0.2, 0.25) is 0 Å². The predicted molar refractivity (Wildman–Crippen MR) is 79.9 cm³/mol. The van der Waals surface area contributed by atoms with Crippen LogP contribution in [0.15, 0.2) is 24.3 Å². The van der Waals surface area contributed by atoms with Crippen molar-refractivity contribution in [3.05, 3.63) is 34.9 Å². The molecule has 0 radical (unpaired) electrons. The second-order valence-corrected chi connectivity index (χ2v) is 5.40. The minimum absolute atomic E-state index is 0.183. The van der Waals surface area contributed by atoms with Gasteiger partial charge in [-0.15, -0.1) is 0 Å². The molecule has 2 amide bonds. The van der Waals surface area contributed by atoms with Crippen molar-refractivity contribution in [2.24, 2.45) is 5.92 Å². The van der Waals surface area contributed by atoms with E-state index in [1.165, 1.54) is 0 Å². The Kier molecular flexibility index (Phi) is 7.02. The molecule has 0 saturated carbocycles. The first-order valence-corrected chi connectivity index (χ1v) is 7.31. The number of carboxylic acids is 1. The molecule has 0 aliphatic rings. The van der Waals surface area contributed by atoms with Gasteiger partial charge in [0.15, 0.2) is 0 Å². The molecule has 0 spiro atoms. The van der Waals surface area contributed by atoms with Gasteiger partial charge in [0.1, 0.15) is 0 Å². The van der Waals surface area contributed by atoms with E-state index in [0.29, 0.717) is 24.4 Å². The van der Waals surface area contributed by atoms with Crippen molar-refractivity contribution in [2.45, 2.75) is 32.7 Å². The van der Waals surface area contributed by atoms with Crippen molar-refractivity contribution < 1.29 is 14.7 Å². The minimum Gasteiger partial charge on any atom is -0.548 e. The molecular weight excluding hydrogens is 292 g/mol. The second kappa shape index (κ2) is 8.52. The van der Waals surface area contributed by atoms with Crippen molar-refractivity contribution in [1.29, 1.82) is 0 Å². The summed E-state index contributed by atoms with van der Waals surface area (Å²) in [4.78, 5) is 22.7. The number of carboxylic acid groups (broad SMARTS) is 1. The Hall–Kier alpha value is -1.75. The largest absolute Gasteiger partial charge is 0.548 e. The van der Waals surface area contributed by atoms with Crippen LogP contribution in [-0.4, -0.2) is 24.6 Å². The highest BCUT2D eigenvalue weighted by Gasteiger charge is 2.18. The summed E-state index contributed by atoms with van der Waals surface area (Å²) in [6.45, 7) is 4.03. The summed E-state index contributed by atoms with van der Waals surface area (Å²) in [6, 6.07) is 5.85. The summed E-state index contributed by atoms with van der Waals surface area (Å²) in [6.07, 6.45) is 1.29. The molecule has 1 aromatic carbocycles. The zero-order chi connectivity index (χ0) is 15.8. The maximum absolute atomic E-state index is 11.7. The van der Waals surface area contributed by atoms with Gasteiger partial charge >= 0.3 is 6.03 Å². The van der Waals surface area contributed by atoms with Crippen LogP contribution in [0.5, 0.6) is 0 Å². The summed E-state index contributed by atoms with van der Waals surface area (Å²) >= 11 is 5.79. The SMILES string of the molecule is CC[C@@H](C)[C@H](NC(=O)NCCc1ccc(Cl)cc1)C(=O)[O-]. The molecule has 0 bridgehead atoms. The third-order valence-electron chi connectivity index (χ3n) is 3.37. The molecule has 1 rings (SSSR count). The number of nitrogens with one attached hydrogen (secondary N) is 2. The zero-order valence-corrected chi connectivity index (χ0v) is 12.9.